The Kier molecular flexibility index (Phi) is 5.56. The number of carbonyl (C=O) groups excluding carboxylic acids is 2. The summed E-state index contributed by atoms with van der Waals surface area (Å²) >= 11 is 0. The summed E-state index contributed by atoms with van der Waals surface area (Å²) in [6.07, 6.45) is -0.0828. The Morgan fingerprint density at radius 3 is 2.58 bits per heavy atom. The summed E-state index contributed by atoms with van der Waals surface area (Å²) in [7, 11) is 0. The highest BCUT2D eigenvalue weighted by Crippen LogP contribution is 2.19. The number of ether oxygens (including phenoxy) is 1. The smallest absolute Gasteiger partial charge is 0.332 e. The molecule has 0 spiro atoms. The molecule has 3 amide bonds. The summed E-state index contributed by atoms with van der Waals surface area (Å²) in [5.41, 5.74) is 5.03. The number of likely N-dealkylation sites (N-methyl/N-ethyl adjacent to an activating group) is 1. The van der Waals surface area contributed by atoms with E-state index in [-0.39, 0.29) is 19.2 Å². The SMILES string of the molecule is CCN(CC(N)=O)C(=O)NCC1CCC(C(=O)O)O1. The van der Waals surface area contributed by atoms with Crippen LogP contribution in [-0.4, -0.2) is 59.8 Å². The van der Waals surface area contributed by atoms with E-state index in [1.807, 2.05) is 0 Å². The molecule has 1 fully saturated rings. The highest BCUT2D eigenvalue weighted by molar-refractivity contribution is 5.82. The van der Waals surface area contributed by atoms with Crippen LogP contribution in [0, 0.1) is 0 Å². The number of nitrogens with two attached hydrogens (primary N) is 1. The van der Waals surface area contributed by atoms with Gasteiger partial charge in [-0.1, -0.05) is 0 Å². The highest BCUT2D eigenvalue weighted by atomic mass is 16.5. The van der Waals surface area contributed by atoms with Crippen LogP contribution in [0.4, 0.5) is 4.79 Å². The van der Waals surface area contributed by atoms with Gasteiger partial charge in [-0.3, -0.25) is 4.79 Å². The Morgan fingerprint density at radius 2 is 2.11 bits per heavy atom. The number of carbonyl (C=O) groups is 3. The molecular weight excluding hydrogens is 254 g/mol. The van der Waals surface area contributed by atoms with Gasteiger partial charge in [0.1, 0.15) is 6.54 Å². The molecule has 1 rings (SSSR count). The molecular formula is C11H19N3O5. The van der Waals surface area contributed by atoms with Crippen molar-refractivity contribution in [3.63, 3.8) is 0 Å². The van der Waals surface area contributed by atoms with Crippen LogP contribution < -0.4 is 11.1 Å². The molecule has 1 heterocycles. The first-order valence-electron chi connectivity index (χ1n) is 6.13. The van der Waals surface area contributed by atoms with Gasteiger partial charge in [0, 0.05) is 13.1 Å². The van der Waals surface area contributed by atoms with Crippen LogP contribution in [0.25, 0.3) is 0 Å². The molecule has 0 saturated carbocycles. The van der Waals surface area contributed by atoms with Crippen molar-refractivity contribution in [2.45, 2.75) is 32.0 Å². The Morgan fingerprint density at radius 1 is 1.42 bits per heavy atom. The molecule has 108 valence electrons. The summed E-state index contributed by atoms with van der Waals surface area (Å²) in [6.45, 7) is 2.16. The van der Waals surface area contributed by atoms with Gasteiger partial charge in [-0.05, 0) is 19.8 Å². The van der Waals surface area contributed by atoms with E-state index < -0.39 is 24.0 Å². The number of aliphatic carboxylic acids is 1. The Hall–Kier alpha value is -1.83. The molecule has 4 N–H and O–H groups in total. The number of amides is 3. The molecule has 1 aliphatic heterocycles. The lowest BCUT2D eigenvalue weighted by atomic mass is 10.2. The third-order valence-corrected chi connectivity index (χ3v) is 2.88. The van der Waals surface area contributed by atoms with Crippen molar-refractivity contribution in [2.24, 2.45) is 5.73 Å². The zero-order chi connectivity index (χ0) is 14.4. The van der Waals surface area contributed by atoms with E-state index in [1.54, 1.807) is 6.92 Å². The minimum atomic E-state index is -0.988. The van der Waals surface area contributed by atoms with Crippen molar-refractivity contribution < 1.29 is 24.2 Å². The van der Waals surface area contributed by atoms with Crippen molar-refractivity contribution in [2.75, 3.05) is 19.6 Å². The summed E-state index contributed by atoms with van der Waals surface area (Å²) in [4.78, 5) is 34.4. The van der Waals surface area contributed by atoms with Crippen molar-refractivity contribution in [1.82, 2.24) is 10.2 Å². The predicted octanol–water partition coefficient (Wildman–Crippen LogP) is -0.865. The summed E-state index contributed by atoms with van der Waals surface area (Å²) in [6, 6.07) is -0.413. The van der Waals surface area contributed by atoms with Gasteiger partial charge >= 0.3 is 12.0 Å². The quantitative estimate of drug-likeness (QED) is 0.581. The number of hydrogen-bond acceptors (Lipinski definition) is 4. The third-order valence-electron chi connectivity index (χ3n) is 2.88. The maximum absolute atomic E-state index is 11.7. The maximum Gasteiger partial charge on any atom is 0.332 e. The maximum atomic E-state index is 11.7. The third kappa shape index (κ3) is 4.74. The van der Waals surface area contributed by atoms with Gasteiger partial charge < -0.3 is 25.8 Å². The molecule has 0 aromatic heterocycles. The summed E-state index contributed by atoms with van der Waals surface area (Å²) in [5.74, 6) is -1.57. The van der Waals surface area contributed by atoms with Gasteiger partial charge in [0.2, 0.25) is 5.91 Å². The molecule has 1 aliphatic rings. The van der Waals surface area contributed by atoms with Crippen LogP contribution in [0.15, 0.2) is 0 Å². The van der Waals surface area contributed by atoms with Crippen molar-refractivity contribution in [1.29, 1.82) is 0 Å². The van der Waals surface area contributed by atoms with Crippen LogP contribution in [0.2, 0.25) is 0 Å². The fraction of sp³-hybridized carbons (Fsp3) is 0.727. The van der Waals surface area contributed by atoms with E-state index in [9.17, 15) is 14.4 Å². The first-order valence-corrected chi connectivity index (χ1v) is 6.13. The number of nitrogens with zero attached hydrogens (tertiary/aromatic N) is 1. The Bertz CT molecular complexity index is 360. The van der Waals surface area contributed by atoms with Gasteiger partial charge in [0.25, 0.3) is 0 Å². The van der Waals surface area contributed by atoms with E-state index in [1.165, 1.54) is 4.90 Å². The van der Waals surface area contributed by atoms with Crippen LogP contribution in [0.3, 0.4) is 0 Å². The minimum Gasteiger partial charge on any atom is -0.479 e. The molecule has 0 aliphatic carbocycles. The van der Waals surface area contributed by atoms with Crippen molar-refractivity contribution >= 4 is 17.9 Å². The number of carboxylic acid groups (broad SMARTS) is 1. The standard InChI is InChI=1S/C11H19N3O5/c1-2-14(6-9(12)15)11(18)13-5-7-3-4-8(19-7)10(16)17/h7-8H,2-6H2,1H3,(H2,12,15)(H,13,18)(H,16,17). The minimum absolute atomic E-state index is 0.147. The normalized spacial score (nSPS) is 21.9. The molecule has 2 atom stereocenters. The topological polar surface area (TPSA) is 122 Å². The zero-order valence-electron chi connectivity index (χ0n) is 10.8. The average molecular weight is 273 g/mol. The number of rotatable bonds is 6. The van der Waals surface area contributed by atoms with Gasteiger partial charge in [0.15, 0.2) is 6.10 Å². The zero-order valence-corrected chi connectivity index (χ0v) is 10.8. The first-order chi connectivity index (χ1) is 8.93. The van der Waals surface area contributed by atoms with E-state index in [2.05, 4.69) is 5.32 Å². The second-order valence-corrected chi connectivity index (χ2v) is 4.33. The summed E-state index contributed by atoms with van der Waals surface area (Å²) in [5, 5.41) is 11.4. The fourth-order valence-corrected chi connectivity index (χ4v) is 1.87. The molecule has 2 unspecified atom stereocenters. The predicted molar refractivity (Wildman–Crippen MR) is 65.4 cm³/mol. The van der Waals surface area contributed by atoms with Crippen LogP contribution in [0.5, 0.6) is 0 Å². The lowest BCUT2D eigenvalue weighted by molar-refractivity contribution is -0.149. The molecule has 8 heteroatoms. The number of urea groups is 1. The van der Waals surface area contributed by atoms with E-state index in [0.29, 0.717) is 19.4 Å². The summed E-state index contributed by atoms with van der Waals surface area (Å²) < 4.78 is 5.24. The molecule has 19 heavy (non-hydrogen) atoms. The van der Waals surface area contributed by atoms with Gasteiger partial charge in [-0.2, -0.15) is 0 Å². The van der Waals surface area contributed by atoms with Crippen LogP contribution in [0.1, 0.15) is 19.8 Å². The number of carboxylic acids is 1. The molecule has 8 nitrogen and oxygen atoms in total. The first kappa shape index (κ1) is 15.2. The second kappa shape index (κ2) is 6.93. The number of hydrogen-bond donors (Lipinski definition) is 3. The largest absolute Gasteiger partial charge is 0.479 e. The van der Waals surface area contributed by atoms with Crippen LogP contribution in [-0.2, 0) is 14.3 Å². The number of nitrogens with one attached hydrogen (secondary N) is 1. The van der Waals surface area contributed by atoms with E-state index in [0.717, 1.165) is 0 Å². The highest BCUT2D eigenvalue weighted by Gasteiger charge is 2.30. The fourth-order valence-electron chi connectivity index (χ4n) is 1.87. The second-order valence-electron chi connectivity index (χ2n) is 4.33. The number of primary amides is 1. The van der Waals surface area contributed by atoms with E-state index >= 15 is 0 Å². The molecule has 0 aromatic rings. The lowest BCUT2D eigenvalue weighted by Crippen LogP contribution is -2.46. The molecule has 0 aromatic carbocycles. The molecule has 1 saturated heterocycles. The van der Waals surface area contributed by atoms with Crippen molar-refractivity contribution in [3.05, 3.63) is 0 Å². The van der Waals surface area contributed by atoms with Crippen molar-refractivity contribution in [3.8, 4) is 0 Å². The molecule has 0 radical (unpaired) electrons. The lowest BCUT2D eigenvalue weighted by Gasteiger charge is -2.21. The molecule has 0 bridgehead atoms. The van der Waals surface area contributed by atoms with Gasteiger partial charge in [-0.15, -0.1) is 0 Å². The monoisotopic (exact) mass is 273 g/mol. The Labute approximate surface area is 110 Å². The van der Waals surface area contributed by atoms with Gasteiger partial charge in [0.05, 0.1) is 6.10 Å². The van der Waals surface area contributed by atoms with Gasteiger partial charge in [-0.25, -0.2) is 9.59 Å². The Balaban J connectivity index is 2.34. The average Bonchev–Trinajstić information content (AvgIpc) is 2.81. The van der Waals surface area contributed by atoms with Crippen LogP contribution >= 0.6 is 0 Å². The van der Waals surface area contributed by atoms with E-state index in [4.69, 9.17) is 15.6 Å².